The van der Waals surface area contributed by atoms with E-state index in [1.807, 2.05) is 6.92 Å². The molecule has 2 N–H and O–H groups in total. The molecule has 1 unspecified atom stereocenters. The van der Waals surface area contributed by atoms with Crippen LogP contribution in [0.5, 0.6) is 0 Å². The molecule has 1 saturated heterocycles. The predicted molar refractivity (Wildman–Crippen MR) is 76.0 cm³/mol. The second kappa shape index (κ2) is 5.76. The van der Waals surface area contributed by atoms with Gasteiger partial charge in [0, 0.05) is 24.0 Å². The SMILES string of the molecule is CCC1C(=O)NCCN1c1sc([C@H](C)O)cc1[N+](=O)[O-]. The fourth-order valence-electron chi connectivity index (χ4n) is 2.30. The molecule has 8 heteroatoms. The van der Waals surface area contributed by atoms with Gasteiger partial charge in [0.15, 0.2) is 5.00 Å². The molecule has 0 aliphatic carbocycles. The average molecular weight is 299 g/mol. The lowest BCUT2D eigenvalue weighted by molar-refractivity contribution is -0.383. The summed E-state index contributed by atoms with van der Waals surface area (Å²) in [6.45, 7) is 4.44. The third kappa shape index (κ3) is 2.61. The molecule has 1 aliphatic rings. The minimum atomic E-state index is -0.758. The summed E-state index contributed by atoms with van der Waals surface area (Å²) in [4.78, 5) is 24.9. The highest BCUT2D eigenvalue weighted by Gasteiger charge is 2.34. The molecular weight excluding hydrogens is 282 g/mol. The summed E-state index contributed by atoms with van der Waals surface area (Å²) < 4.78 is 0. The van der Waals surface area contributed by atoms with Crippen LogP contribution in [-0.2, 0) is 4.79 Å². The molecular formula is C12H17N3O4S. The zero-order chi connectivity index (χ0) is 14.9. The van der Waals surface area contributed by atoms with E-state index in [-0.39, 0.29) is 11.6 Å². The van der Waals surface area contributed by atoms with Crippen LogP contribution in [0.25, 0.3) is 0 Å². The molecule has 0 bridgehead atoms. The van der Waals surface area contributed by atoms with Crippen molar-refractivity contribution in [2.24, 2.45) is 0 Å². The zero-order valence-corrected chi connectivity index (χ0v) is 12.1. The van der Waals surface area contributed by atoms with Gasteiger partial charge < -0.3 is 15.3 Å². The Kier molecular flexibility index (Phi) is 4.24. The monoisotopic (exact) mass is 299 g/mol. The van der Waals surface area contributed by atoms with Crippen LogP contribution in [0, 0.1) is 10.1 Å². The fourth-order valence-corrected chi connectivity index (χ4v) is 3.43. The second-order valence-electron chi connectivity index (χ2n) is 4.68. The van der Waals surface area contributed by atoms with Crippen LogP contribution in [0.3, 0.4) is 0 Å². The van der Waals surface area contributed by atoms with Crippen LogP contribution in [0.4, 0.5) is 10.7 Å². The molecule has 7 nitrogen and oxygen atoms in total. The normalized spacial score (nSPS) is 20.6. The summed E-state index contributed by atoms with van der Waals surface area (Å²) in [7, 11) is 0. The molecule has 0 spiro atoms. The van der Waals surface area contributed by atoms with Gasteiger partial charge >= 0.3 is 5.69 Å². The molecule has 2 rings (SSSR count). The summed E-state index contributed by atoms with van der Waals surface area (Å²) >= 11 is 1.18. The summed E-state index contributed by atoms with van der Waals surface area (Å²) in [5, 5.41) is 24.0. The Balaban J connectivity index is 2.44. The Morgan fingerprint density at radius 3 is 2.95 bits per heavy atom. The van der Waals surface area contributed by atoms with Crippen LogP contribution in [-0.4, -0.2) is 35.1 Å². The summed E-state index contributed by atoms with van der Waals surface area (Å²) in [6, 6.07) is 0.993. The number of amides is 1. The maximum Gasteiger partial charge on any atom is 0.304 e. The summed E-state index contributed by atoms with van der Waals surface area (Å²) in [6.07, 6.45) is -0.184. The molecule has 20 heavy (non-hydrogen) atoms. The standard InChI is InChI=1S/C12H17N3O4S/c1-3-8-11(17)13-4-5-14(8)12-9(15(18)19)6-10(20-12)7(2)16/h6-8,16H,3-5H2,1-2H3,(H,13,17)/t7-,8?/m0/s1. The molecule has 2 atom stereocenters. The number of nitrogens with one attached hydrogen (secondary N) is 1. The van der Waals surface area contributed by atoms with Gasteiger partial charge in [0.25, 0.3) is 0 Å². The van der Waals surface area contributed by atoms with Gasteiger partial charge in [0.1, 0.15) is 6.04 Å². The van der Waals surface area contributed by atoms with E-state index in [9.17, 15) is 20.0 Å². The van der Waals surface area contributed by atoms with E-state index in [4.69, 9.17) is 0 Å². The van der Waals surface area contributed by atoms with Crippen LogP contribution in [0.2, 0.25) is 0 Å². The topological polar surface area (TPSA) is 95.7 Å². The number of piperazine rings is 1. The Morgan fingerprint density at radius 2 is 2.40 bits per heavy atom. The number of hydrogen-bond acceptors (Lipinski definition) is 6. The van der Waals surface area contributed by atoms with Gasteiger partial charge in [-0.05, 0) is 13.3 Å². The van der Waals surface area contributed by atoms with E-state index in [1.54, 1.807) is 11.8 Å². The second-order valence-corrected chi connectivity index (χ2v) is 5.74. The highest BCUT2D eigenvalue weighted by atomic mass is 32.1. The van der Waals surface area contributed by atoms with Gasteiger partial charge in [-0.2, -0.15) is 0 Å². The van der Waals surface area contributed by atoms with E-state index in [0.29, 0.717) is 29.4 Å². The Bertz CT molecular complexity index is 529. The van der Waals surface area contributed by atoms with E-state index in [1.165, 1.54) is 17.4 Å². The number of rotatable bonds is 4. The van der Waals surface area contributed by atoms with Crippen molar-refractivity contribution < 1.29 is 14.8 Å². The van der Waals surface area contributed by atoms with Gasteiger partial charge in [0.05, 0.1) is 11.0 Å². The first-order valence-electron chi connectivity index (χ1n) is 6.46. The van der Waals surface area contributed by atoms with Gasteiger partial charge in [-0.25, -0.2) is 0 Å². The summed E-state index contributed by atoms with van der Waals surface area (Å²) in [5.74, 6) is -0.111. The van der Waals surface area contributed by atoms with Crippen LogP contribution >= 0.6 is 11.3 Å². The van der Waals surface area contributed by atoms with Gasteiger partial charge in [-0.1, -0.05) is 6.92 Å². The Hall–Kier alpha value is -1.67. The van der Waals surface area contributed by atoms with E-state index in [0.717, 1.165) is 0 Å². The first kappa shape index (κ1) is 14.7. The van der Waals surface area contributed by atoms with Crippen LogP contribution in [0.15, 0.2) is 6.07 Å². The number of thiophene rings is 1. The lowest BCUT2D eigenvalue weighted by Crippen LogP contribution is -2.55. The molecule has 1 fully saturated rings. The first-order valence-corrected chi connectivity index (χ1v) is 7.27. The quantitative estimate of drug-likeness (QED) is 0.647. The molecule has 110 valence electrons. The predicted octanol–water partition coefficient (Wildman–Crippen LogP) is 1.42. The third-order valence-corrected chi connectivity index (χ3v) is 4.63. The summed E-state index contributed by atoms with van der Waals surface area (Å²) in [5.41, 5.74) is -0.0425. The maximum absolute atomic E-state index is 11.9. The molecule has 1 aromatic heterocycles. The van der Waals surface area contributed by atoms with E-state index in [2.05, 4.69) is 5.32 Å². The van der Waals surface area contributed by atoms with E-state index >= 15 is 0 Å². The molecule has 0 aromatic carbocycles. The van der Waals surface area contributed by atoms with Crippen LogP contribution < -0.4 is 10.2 Å². The molecule has 0 radical (unpaired) electrons. The van der Waals surface area contributed by atoms with Crippen molar-refractivity contribution >= 4 is 27.9 Å². The van der Waals surface area contributed by atoms with Crippen molar-refractivity contribution in [2.75, 3.05) is 18.0 Å². The minimum absolute atomic E-state index is 0.0425. The highest BCUT2D eigenvalue weighted by Crippen LogP contribution is 2.41. The van der Waals surface area contributed by atoms with Crippen molar-refractivity contribution in [2.45, 2.75) is 32.4 Å². The van der Waals surface area contributed by atoms with Gasteiger partial charge in [0.2, 0.25) is 5.91 Å². The number of hydrogen-bond donors (Lipinski definition) is 2. The maximum atomic E-state index is 11.9. The van der Waals surface area contributed by atoms with Crippen molar-refractivity contribution in [1.82, 2.24) is 5.32 Å². The van der Waals surface area contributed by atoms with Gasteiger partial charge in [-0.15, -0.1) is 11.3 Å². The zero-order valence-electron chi connectivity index (χ0n) is 11.3. The number of carbonyl (C=O) groups excluding carboxylic acids is 1. The highest BCUT2D eigenvalue weighted by molar-refractivity contribution is 7.16. The fraction of sp³-hybridized carbons (Fsp3) is 0.583. The number of aliphatic hydroxyl groups excluding tert-OH is 1. The molecule has 1 amide bonds. The smallest absolute Gasteiger partial charge is 0.304 e. The molecule has 1 aliphatic heterocycles. The lowest BCUT2D eigenvalue weighted by atomic mass is 10.1. The van der Waals surface area contributed by atoms with E-state index < -0.39 is 17.1 Å². The number of carbonyl (C=O) groups is 1. The largest absolute Gasteiger partial charge is 0.388 e. The van der Waals surface area contributed by atoms with Gasteiger partial charge in [-0.3, -0.25) is 14.9 Å². The lowest BCUT2D eigenvalue weighted by Gasteiger charge is -2.34. The molecule has 1 aromatic rings. The molecule has 0 saturated carbocycles. The first-order chi connectivity index (χ1) is 9.45. The van der Waals surface area contributed by atoms with Crippen LogP contribution in [0.1, 0.15) is 31.2 Å². The number of nitrogens with zero attached hydrogens (tertiary/aromatic N) is 2. The van der Waals surface area contributed by atoms with Crippen molar-refractivity contribution in [3.63, 3.8) is 0 Å². The minimum Gasteiger partial charge on any atom is -0.388 e. The number of anilines is 1. The van der Waals surface area contributed by atoms with Crippen molar-refractivity contribution in [3.8, 4) is 0 Å². The van der Waals surface area contributed by atoms with Crippen molar-refractivity contribution in [3.05, 3.63) is 21.1 Å². The van der Waals surface area contributed by atoms with Crippen molar-refractivity contribution in [1.29, 1.82) is 0 Å². The number of nitro groups is 1. The third-order valence-electron chi connectivity index (χ3n) is 3.30. The Labute approximate surface area is 120 Å². The molecule has 2 heterocycles. The average Bonchev–Trinajstić information content (AvgIpc) is 2.83. The Morgan fingerprint density at radius 1 is 1.70 bits per heavy atom. The number of aliphatic hydroxyl groups is 1.